The number of aromatic nitrogens is 4. The zero-order valence-electron chi connectivity index (χ0n) is 17.5. The van der Waals surface area contributed by atoms with Gasteiger partial charge in [0.15, 0.2) is 0 Å². The van der Waals surface area contributed by atoms with Crippen molar-refractivity contribution in [2.45, 2.75) is 38.9 Å². The van der Waals surface area contributed by atoms with E-state index < -0.39 is 5.54 Å². The van der Waals surface area contributed by atoms with Crippen LogP contribution in [-0.2, 0) is 23.9 Å². The third kappa shape index (κ3) is 4.04. The third-order valence-electron chi connectivity index (χ3n) is 5.52. The fourth-order valence-electron chi connectivity index (χ4n) is 4.02. The number of amides is 1. The number of pyridine rings is 1. The van der Waals surface area contributed by atoms with Gasteiger partial charge in [0.1, 0.15) is 5.82 Å². The molecule has 0 aliphatic carbocycles. The van der Waals surface area contributed by atoms with Gasteiger partial charge < -0.3 is 15.0 Å². The Balaban J connectivity index is 1.45. The molecule has 0 unspecified atom stereocenters. The number of hydrogen-bond acceptors (Lipinski definition) is 5. The summed E-state index contributed by atoms with van der Waals surface area (Å²) in [5.74, 6) is 0.822. The highest BCUT2D eigenvalue weighted by atomic mass is 16.2. The van der Waals surface area contributed by atoms with E-state index >= 15 is 0 Å². The maximum Gasteiger partial charge on any atom is 0.239 e. The second-order valence-electron chi connectivity index (χ2n) is 8.41. The van der Waals surface area contributed by atoms with Crippen LogP contribution in [0.4, 0.5) is 0 Å². The lowest BCUT2D eigenvalue weighted by Gasteiger charge is -2.35. The summed E-state index contributed by atoms with van der Waals surface area (Å²) in [5.41, 5.74) is 2.79. The largest absolute Gasteiger partial charge is 0.343 e. The number of carbonyl (C=O) groups excluding carboxylic acids is 1. The van der Waals surface area contributed by atoms with Gasteiger partial charge in [0.25, 0.3) is 0 Å². The third-order valence-corrected chi connectivity index (χ3v) is 5.52. The highest BCUT2D eigenvalue weighted by Crippen LogP contribution is 2.22. The highest BCUT2D eigenvalue weighted by Gasteiger charge is 2.32. The lowest BCUT2D eigenvalue weighted by molar-refractivity contribution is -0.126. The van der Waals surface area contributed by atoms with Crippen LogP contribution in [0.3, 0.4) is 0 Å². The number of aryl methyl sites for hydroxylation is 2. The molecule has 1 saturated heterocycles. The van der Waals surface area contributed by atoms with Crippen molar-refractivity contribution < 1.29 is 4.79 Å². The minimum Gasteiger partial charge on any atom is -0.343 e. The first-order valence-corrected chi connectivity index (χ1v) is 10.0. The van der Waals surface area contributed by atoms with Crippen LogP contribution in [0.1, 0.15) is 30.8 Å². The Morgan fingerprint density at radius 1 is 1.38 bits per heavy atom. The van der Waals surface area contributed by atoms with Crippen molar-refractivity contribution in [2.75, 3.05) is 19.6 Å². The van der Waals surface area contributed by atoms with Gasteiger partial charge in [0.2, 0.25) is 5.91 Å². The average molecular weight is 396 g/mol. The Morgan fingerprint density at radius 3 is 2.97 bits per heavy atom. The van der Waals surface area contributed by atoms with Gasteiger partial charge in [-0.05, 0) is 32.4 Å². The number of piperazine rings is 1. The van der Waals surface area contributed by atoms with Crippen LogP contribution >= 0.6 is 0 Å². The Kier molecular flexibility index (Phi) is 5.14. The number of nitrogens with one attached hydrogen (secondary N) is 2. The lowest BCUT2D eigenvalue weighted by Crippen LogP contribution is -2.59. The molecule has 8 heteroatoms. The van der Waals surface area contributed by atoms with Crippen LogP contribution < -0.4 is 10.6 Å². The molecule has 1 amide bonds. The summed E-state index contributed by atoms with van der Waals surface area (Å²) in [6.45, 7) is 9.22. The van der Waals surface area contributed by atoms with E-state index in [0.29, 0.717) is 6.54 Å². The molecule has 1 aliphatic rings. The first-order valence-electron chi connectivity index (χ1n) is 10.0. The molecule has 1 aliphatic heterocycles. The Hall–Kier alpha value is -2.71. The lowest BCUT2D eigenvalue weighted by atomic mass is 10.0. The smallest absolute Gasteiger partial charge is 0.239 e. The predicted molar refractivity (Wildman–Crippen MR) is 111 cm³/mol. The molecular weight excluding hydrogens is 366 g/mol. The van der Waals surface area contributed by atoms with Crippen LogP contribution in [0.15, 0.2) is 36.9 Å². The van der Waals surface area contributed by atoms with Crippen molar-refractivity contribution in [1.82, 2.24) is 34.7 Å². The fraction of sp³-hybridized carbons (Fsp3) is 0.476. The van der Waals surface area contributed by atoms with Crippen molar-refractivity contribution in [1.29, 1.82) is 0 Å². The molecule has 0 bridgehead atoms. The average Bonchev–Trinajstić information content (AvgIpc) is 3.29. The van der Waals surface area contributed by atoms with Crippen molar-refractivity contribution >= 4 is 11.4 Å². The van der Waals surface area contributed by atoms with Crippen LogP contribution in [0.25, 0.3) is 5.52 Å². The number of nitrogens with zero attached hydrogens (tertiary/aromatic N) is 5. The molecule has 4 heterocycles. The number of hydrogen-bond donors (Lipinski definition) is 2. The molecule has 4 rings (SSSR count). The summed E-state index contributed by atoms with van der Waals surface area (Å²) >= 11 is 0. The van der Waals surface area contributed by atoms with Crippen LogP contribution in [0, 0.1) is 6.92 Å². The molecule has 8 nitrogen and oxygen atoms in total. The first kappa shape index (κ1) is 19.6. The molecule has 154 valence electrons. The standard InChI is InChI=1S/C21H29N7O/c1-15-6-5-8-28-18(15)11-23-20(28)21(2,3)25-19(29)17-14-27(9-7-22-17)13-16-10-24-26(4)12-16/h5-6,8,10-12,17,22H,7,9,13-14H2,1-4H3,(H,25,29)/t17-/m0/s1. The van der Waals surface area contributed by atoms with Gasteiger partial charge in [-0.1, -0.05) is 6.07 Å². The van der Waals surface area contributed by atoms with Gasteiger partial charge in [0.05, 0.1) is 29.5 Å². The van der Waals surface area contributed by atoms with Crippen molar-refractivity contribution in [3.8, 4) is 0 Å². The Bertz CT molecular complexity index is 1020. The van der Waals surface area contributed by atoms with E-state index in [0.717, 1.165) is 42.1 Å². The quantitative estimate of drug-likeness (QED) is 0.679. The van der Waals surface area contributed by atoms with E-state index in [1.165, 1.54) is 0 Å². The van der Waals surface area contributed by atoms with E-state index in [1.54, 1.807) is 4.68 Å². The maximum atomic E-state index is 13.1. The maximum absolute atomic E-state index is 13.1. The number of imidazole rings is 1. The summed E-state index contributed by atoms with van der Waals surface area (Å²) in [6, 6.07) is 3.81. The van der Waals surface area contributed by atoms with Gasteiger partial charge in [-0.25, -0.2) is 4.98 Å². The predicted octanol–water partition coefficient (Wildman–Crippen LogP) is 1.20. The second-order valence-corrected chi connectivity index (χ2v) is 8.41. The second kappa shape index (κ2) is 7.61. The topological polar surface area (TPSA) is 79.5 Å². The Morgan fingerprint density at radius 2 is 2.21 bits per heavy atom. The van der Waals surface area contributed by atoms with Crippen LogP contribution in [0.2, 0.25) is 0 Å². The monoisotopic (exact) mass is 395 g/mol. The van der Waals surface area contributed by atoms with Gasteiger partial charge in [-0.15, -0.1) is 0 Å². The molecule has 0 saturated carbocycles. The molecule has 2 N–H and O–H groups in total. The van der Waals surface area contributed by atoms with Gasteiger partial charge in [-0.2, -0.15) is 5.10 Å². The molecule has 0 aromatic carbocycles. The molecule has 3 aromatic rings. The first-order chi connectivity index (χ1) is 13.8. The van der Waals surface area contributed by atoms with Crippen LogP contribution in [0.5, 0.6) is 0 Å². The van der Waals surface area contributed by atoms with Gasteiger partial charge >= 0.3 is 0 Å². The van der Waals surface area contributed by atoms with Crippen molar-refractivity contribution in [2.24, 2.45) is 7.05 Å². The minimum absolute atomic E-state index is 0.00436. The van der Waals surface area contributed by atoms with Gasteiger partial charge in [-0.3, -0.25) is 14.4 Å². The van der Waals surface area contributed by atoms with E-state index in [2.05, 4.69) is 43.0 Å². The zero-order valence-corrected chi connectivity index (χ0v) is 17.5. The summed E-state index contributed by atoms with van der Waals surface area (Å²) in [4.78, 5) is 20.0. The summed E-state index contributed by atoms with van der Waals surface area (Å²) in [5, 5.41) is 10.8. The number of rotatable bonds is 5. The van der Waals surface area contributed by atoms with Crippen LogP contribution in [-0.4, -0.2) is 55.6 Å². The van der Waals surface area contributed by atoms with E-state index in [9.17, 15) is 4.79 Å². The summed E-state index contributed by atoms with van der Waals surface area (Å²) in [6.07, 6.45) is 7.76. The molecule has 1 fully saturated rings. The minimum atomic E-state index is -0.593. The van der Waals surface area contributed by atoms with Gasteiger partial charge in [0, 0.05) is 51.2 Å². The molecule has 29 heavy (non-hydrogen) atoms. The van der Waals surface area contributed by atoms with E-state index in [-0.39, 0.29) is 11.9 Å². The number of carbonyl (C=O) groups is 1. The normalized spacial score (nSPS) is 18.3. The summed E-state index contributed by atoms with van der Waals surface area (Å²) in [7, 11) is 1.92. The Labute approximate surface area is 170 Å². The van der Waals surface area contributed by atoms with Crippen molar-refractivity contribution in [3.63, 3.8) is 0 Å². The fourth-order valence-corrected chi connectivity index (χ4v) is 4.02. The van der Waals surface area contributed by atoms with E-state index in [1.807, 2.05) is 51.7 Å². The SMILES string of the molecule is Cc1cccn2c(C(C)(C)NC(=O)[C@@H]3CN(Cc4cnn(C)c4)CCN3)ncc12. The summed E-state index contributed by atoms with van der Waals surface area (Å²) < 4.78 is 3.86. The molecular formula is C21H29N7O. The molecule has 3 aromatic heterocycles. The molecule has 0 spiro atoms. The molecule has 0 radical (unpaired) electrons. The number of fused-ring (bicyclic) bond motifs is 1. The van der Waals surface area contributed by atoms with E-state index in [4.69, 9.17) is 0 Å². The molecule has 1 atom stereocenters. The van der Waals surface area contributed by atoms with Crippen molar-refractivity contribution in [3.05, 3.63) is 53.9 Å². The zero-order chi connectivity index (χ0) is 20.6. The highest BCUT2D eigenvalue weighted by molar-refractivity contribution is 5.83.